The molecule has 3 aromatic carbocycles. The van der Waals surface area contributed by atoms with Crippen LogP contribution < -0.4 is 14.8 Å². The molecule has 6 nitrogen and oxygen atoms in total. The fourth-order valence-electron chi connectivity index (χ4n) is 2.96. The maximum atomic E-state index is 12.6. The predicted molar refractivity (Wildman–Crippen MR) is 128 cm³/mol. The maximum Gasteiger partial charge on any atom is 0.265 e. The predicted octanol–water partition coefficient (Wildman–Crippen LogP) is 5.82. The Morgan fingerprint density at radius 1 is 0.906 bits per heavy atom. The fraction of sp³-hybridized carbons (Fsp3) is 0.174. The number of rotatable bonds is 7. The molecule has 0 unspecified atom stereocenters. The third-order valence-corrected chi connectivity index (χ3v) is 6.38. The lowest BCUT2D eigenvalue weighted by molar-refractivity contribution is -0.122. The number of halogens is 2. The molecule has 0 bridgehead atoms. The second kappa shape index (κ2) is 9.81. The molecule has 0 saturated heterocycles. The zero-order chi connectivity index (χ0) is 23.5. The Bertz CT molecular complexity index is 1230. The van der Waals surface area contributed by atoms with Crippen LogP contribution in [0.4, 0.5) is 11.4 Å². The lowest BCUT2D eigenvalue weighted by atomic mass is 10.1. The van der Waals surface area contributed by atoms with Gasteiger partial charge in [-0.2, -0.15) is 0 Å². The number of benzene rings is 3. The molecule has 2 N–H and O–H groups in total. The quantitative estimate of drug-likeness (QED) is 0.435. The lowest BCUT2D eigenvalue weighted by Gasteiger charge is -2.17. The van der Waals surface area contributed by atoms with Crippen LogP contribution in [0.15, 0.2) is 65.6 Å². The molecule has 0 spiro atoms. The van der Waals surface area contributed by atoms with E-state index in [4.69, 9.17) is 27.9 Å². The molecular weight excluding hydrogens is 471 g/mol. The molecule has 0 aliphatic rings. The summed E-state index contributed by atoms with van der Waals surface area (Å²) in [6, 6.07) is 15.9. The van der Waals surface area contributed by atoms with Crippen LogP contribution in [0, 0.1) is 13.8 Å². The first kappa shape index (κ1) is 23.9. The van der Waals surface area contributed by atoms with Gasteiger partial charge in [0.2, 0.25) is 0 Å². The van der Waals surface area contributed by atoms with E-state index in [9.17, 15) is 13.2 Å². The molecule has 0 aliphatic heterocycles. The van der Waals surface area contributed by atoms with Gasteiger partial charge in [0.1, 0.15) is 5.75 Å². The van der Waals surface area contributed by atoms with E-state index >= 15 is 0 Å². The number of nitrogens with one attached hydrogen (secondary N) is 2. The van der Waals surface area contributed by atoms with E-state index in [1.165, 1.54) is 42.5 Å². The Hall–Kier alpha value is -2.74. The number of sulfonamides is 1. The molecule has 0 radical (unpaired) electrons. The Kier molecular flexibility index (Phi) is 7.33. The first-order chi connectivity index (χ1) is 15.0. The summed E-state index contributed by atoms with van der Waals surface area (Å²) >= 11 is 11.8. The van der Waals surface area contributed by atoms with Gasteiger partial charge >= 0.3 is 0 Å². The highest BCUT2D eigenvalue weighted by Crippen LogP contribution is 2.25. The molecule has 1 amide bonds. The Morgan fingerprint density at radius 3 is 2.12 bits per heavy atom. The number of carbonyl (C=O) groups excluding carboxylic acids is 1. The zero-order valence-electron chi connectivity index (χ0n) is 17.6. The van der Waals surface area contributed by atoms with Crippen LogP contribution in [-0.4, -0.2) is 20.4 Å². The van der Waals surface area contributed by atoms with E-state index in [0.717, 1.165) is 11.1 Å². The fourth-order valence-corrected chi connectivity index (χ4v) is 4.53. The van der Waals surface area contributed by atoms with Crippen LogP contribution in [-0.2, 0) is 14.8 Å². The van der Waals surface area contributed by atoms with Crippen molar-refractivity contribution in [2.45, 2.75) is 31.8 Å². The SMILES string of the molecule is Cc1ccc(O[C@@H](C)C(=O)Nc2ccc(S(=O)(=O)Nc3cc(Cl)cc(Cl)c3)cc2)c(C)c1. The Morgan fingerprint density at radius 2 is 1.53 bits per heavy atom. The molecule has 0 saturated carbocycles. The zero-order valence-corrected chi connectivity index (χ0v) is 20.0. The Labute approximate surface area is 197 Å². The molecule has 0 aliphatic carbocycles. The van der Waals surface area contributed by atoms with Gasteiger partial charge in [-0.3, -0.25) is 9.52 Å². The molecule has 3 rings (SSSR count). The number of hydrogen-bond donors (Lipinski definition) is 2. The van der Waals surface area contributed by atoms with Crippen molar-refractivity contribution in [2.75, 3.05) is 10.0 Å². The van der Waals surface area contributed by atoms with Gasteiger partial charge in [-0.25, -0.2) is 8.42 Å². The smallest absolute Gasteiger partial charge is 0.265 e. The van der Waals surface area contributed by atoms with Crippen molar-refractivity contribution in [1.29, 1.82) is 0 Å². The average Bonchev–Trinajstić information content (AvgIpc) is 2.69. The Balaban J connectivity index is 1.66. The third-order valence-electron chi connectivity index (χ3n) is 4.55. The summed E-state index contributed by atoms with van der Waals surface area (Å²) in [5, 5.41) is 3.34. The van der Waals surface area contributed by atoms with Crippen molar-refractivity contribution in [3.8, 4) is 5.75 Å². The third kappa shape index (κ3) is 6.16. The van der Waals surface area contributed by atoms with Crippen molar-refractivity contribution < 1.29 is 17.9 Å². The van der Waals surface area contributed by atoms with Crippen molar-refractivity contribution in [3.63, 3.8) is 0 Å². The van der Waals surface area contributed by atoms with Gasteiger partial charge in [0.15, 0.2) is 6.10 Å². The first-order valence-corrected chi connectivity index (χ1v) is 11.9. The minimum Gasteiger partial charge on any atom is -0.481 e. The largest absolute Gasteiger partial charge is 0.481 e. The van der Waals surface area contributed by atoms with E-state index in [-0.39, 0.29) is 16.5 Å². The molecule has 1 atom stereocenters. The van der Waals surface area contributed by atoms with Crippen LogP contribution >= 0.6 is 23.2 Å². The van der Waals surface area contributed by atoms with Crippen molar-refractivity contribution in [1.82, 2.24) is 0 Å². The summed E-state index contributed by atoms with van der Waals surface area (Å²) in [6.45, 7) is 5.54. The van der Waals surface area contributed by atoms with Gasteiger partial charge in [0.25, 0.3) is 15.9 Å². The second-order valence-corrected chi connectivity index (χ2v) is 9.86. The van der Waals surface area contributed by atoms with E-state index in [1.807, 2.05) is 32.0 Å². The number of amides is 1. The monoisotopic (exact) mass is 492 g/mol. The highest BCUT2D eigenvalue weighted by atomic mass is 35.5. The standard InChI is InChI=1S/C23H22Cl2N2O4S/c1-14-4-9-22(15(2)10-14)31-16(3)23(28)26-19-5-7-21(8-6-19)32(29,30)27-20-12-17(24)11-18(25)13-20/h4-13,16,27H,1-3H3,(H,26,28)/t16-/m0/s1. The summed E-state index contributed by atoms with van der Waals surface area (Å²) in [7, 11) is -3.86. The highest BCUT2D eigenvalue weighted by molar-refractivity contribution is 7.92. The number of anilines is 2. The van der Waals surface area contributed by atoms with Crippen LogP contribution in [0.25, 0.3) is 0 Å². The lowest BCUT2D eigenvalue weighted by Crippen LogP contribution is -2.30. The number of hydrogen-bond acceptors (Lipinski definition) is 4. The molecule has 168 valence electrons. The van der Waals surface area contributed by atoms with Gasteiger partial charge in [0, 0.05) is 15.7 Å². The van der Waals surface area contributed by atoms with E-state index < -0.39 is 16.1 Å². The second-order valence-electron chi connectivity index (χ2n) is 7.31. The van der Waals surface area contributed by atoms with Gasteiger partial charge in [0.05, 0.1) is 10.6 Å². The average molecular weight is 493 g/mol. The number of aryl methyl sites for hydroxylation is 2. The first-order valence-electron chi connectivity index (χ1n) is 9.67. The number of ether oxygens (including phenoxy) is 1. The summed E-state index contributed by atoms with van der Waals surface area (Å²) in [6.07, 6.45) is -0.742. The van der Waals surface area contributed by atoms with E-state index in [1.54, 1.807) is 6.92 Å². The van der Waals surface area contributed by atoms with Crippen LogP contribution in [0.1, 0.15) is 18.1 Å². The van der Waals surface area contributed by atoms with Crippen molar-refractivity contribution >= 4 is 50.5 Å². The summed E-state index contributed by atoms with van der Waals surface area (Å²) < 4.78 is 33.4. The topological polar surface area (TPSA) is 84.5 Å². The van der Waals surface area contributed by atoms with Gasteiger partial charge in [-0.15, -0.1) is 0 Å². The minimum absolute atomic E-state index is 0.0196. The van der Waals surface area contributed by atoms with E-state index in [0.29, 0.717) is 21.5 Å². The van der Waals surface area contributed by atoms with Gasteiger partial charge in [-0.05, 0) is 74.9 Å². The number of carbonyl (C=O) groups is 1. The van der Waals surface area contributed by atoms with Gasteiger partial charge in [-0.1, -0.05) is 40.9 Å². The van der Waals surface area contributed by atoms with Crippen LogP contribution in [0.2, 0.25) is 10.0 Å². The van der Waals surface area contributed by atoms with Crippen LogP contribution in [0.3, 0.4) is 0 Å². The highest BCUT2D eigenvalue weighted by Gasteiger charge is 2.18. The molecule has 0 fully saturated rings. The maximum absolute atomic E-state index is 12.6. The van der Waals surface area contributed by atoms with Crippen molar-refractivity contribution in [2.24, 2.45) is 0 Å². The van der Waals surface area contributed by atoms with E-state index in [2.05, 4.69) is 10.0 Å². The minimum atomic E-state index is -3.86. The molecule has 3 aromatic rings. The molecule has 0 aromatic heterocycles. The molecular formula is C23H22Cl2N2O4S. The molecule has 32 heavy (non-hydrogen) atoms. The molecule has 9 heteroatoms. The summed E-state index contributed by atoms with van der Waals surface area (Å²) in [5.74, 6) is 0.277. The van der Waals surface area contributed by atoms with Gasteiger partial charge < -0.3 is 10.1 Å². The van der Waals surface area contributed by atoms with Crippen molar-refractivity contribution in [3.05, 3.63) is 81.8 Å². The summed E-state index contributed by atoms with van der Waals surface area (Å²) in [5.41, 5.74) is 2.73. The van der Waals surface area contributed by atoms with Crippen LogP contribution in [0.5, 0.6) is 5.75 Å². The molecule has 0 heterocycles. The normalized spacial score (nSPS) is 12.2. The summed E-state index contributed by atoms with van der Waals surface area (Å²) in [4.78, 5) is 12.5.